The number of nitrogens with zero attached hydrogens (tertiary/aromatic N) is 1. The van der Waals surface area contributed by atoms with E-state index >= 15 is 0 Å². The second-order valence-corrected chi connectivity index (χ2v) is 4.83. The first kappa shape index (κ1) is 14.6. The van der Waals surface area contributed by atoms with Crippen molar-refractivity contribution >= 4 is 29.3 Å². The van der Waals surface area contributed by atoms with Crippen LogP contribution in [0.15, 0.2) is 40.4 Å². The van der Waals surface area contributed by atoms with Gasteiger partial charge >= 0.3 is 0 Å². The molecule has 0 aliphatic heterocycles. The summed E-state index contributed by atoms with van der Waals surface area (Å²) in [6.07, 6.45) is 1.73. The lowest BCUT2D eigenvalue weighted by molar-refractivity contribution is -0.425. The maximum atomic E-state index is 10.8. The molecule has 0 saturated carbocycles. The Morgan fingerprint density at radius 2 is 2.10 bits per heavy atom. The van der Waals surface area contributed by atoms with E-state index in [-0.39, 0.29) is 5.70 Å². The molecule has 20 heavy (non-hydrogen) atoms. The van der Waals surface area contributed by atoms with Crippen LogP contribution in [-0.2, 0) is 0 Å². The minimum absolute atomic E-state index is 0.0862. The van der Waals surface area contributed by atoms with Crippen LogP contribution >= 0.6 is 23.2 Å². The predicted molar refractivity (Wildman–Crippen MR) is 79.4 cm³/mol. The molecular weight excluding hydrogens is 301 g/mol. The maximum absolute atomic E-state index is 10.8. The molecule has 2 rings (SSSR count). The summed E-state index contributed by atoms with van der Waals surface area (Å²) < 4.78 is 5.56. The number of furan rings is 1. The second-order valence-electron chi connectivity index (χ2n) is 4.05. The zero-order valence-electron chi connectivity index (χ0n) is 10.6. The van der Waals surface area contributed by atoms with Gasteiger partial charge in [0.15, 0.2) is 0 Å². The Morgan fingerprint density at radius 1 is 1.35 bits per heavy atom. The van der Waals surface area contributed by atoms with Gasteiger partial charge in [0.25, 0.3) is 0 Å². The number of hydrogen-bond acceptors (Lipinski definition) is 3. The summed E-state index contributed by atoms with van der Waals surface area (Å²) >= 11 is 12.0. The van der Waals surface area contributed by atoms with Crippen molar-refractivity contribution in [2.75, 3.05) is 0 Å². The van der Waals surface area contributed by atoms with Gasteiger partial charge in [-0.15, -0.1) is 0 Å². The molecule has 6 heteroatoms. The molecule has 1 aromatic heterocycles. The van der Waals surface area contributed by atoms with Crippen LogP contribution < -0.4 is 0 Å². The van der Waals surface area contributed by atoms with E-state index in [0.717, 1.165) is 0 Å². The van der Waals surface area contributed by atoms with Crippen LogP contribution in [0.5, 0.6) is 0 Å². The first-order valence-corrected chi connectivity index (χ1v) is 6.67. The molecule has 1 heterocycles. The molecule has 0 amide bonds. The number of hydrogen-bond donors (Lipinski definition) is 0. The topological polar surface area (TPSA) is 56.3 Å². The molecule has 1 aromatic carbocycles. The third-order valence-corrected chi connectivity index (χ3v) is 3.57. The molecule has 0 bridgehead atoms. The van der Waals surface area contributed by atoms with Crippen LogP contribution in [0.1, 0.15) is 19.1 Å². The van der Waals surface area contributed by atoms with E-state index in [2.05, 4.69) is 0 Å². The molecule has 0 aliphatic rings. The minimum atomic E-state index is -0.422. The summed E-state index contributed by atoms with van der Waals surface area (Å²) in [5, 5.41) is 11.6. The normalized spacial score (nSPS) is 11.7. The van der Waals surface area contributed by atoms with Crippen molar-refractivity contribution in [3.05, 3.63) is 61.9 Å². The molecule has 2 aromatic rings. The van der Waals surface area contributed by atoms with E-state index in [1.54, 1.807) is 37.3 Å². The summed E-state index contributed by atoms with van der Waals surface area (Å²) in [6, 6.07) is 8.58. The number of halogens is 2. The maximum Gasteiger partial charge on any atom is 0.249 e. The highest BCUT2D eigenvalue weighted by molar-refractivity contribution is 6.43. The number of allylic oxidation sites excluding steroid dienone is 1. The van der Waals surface area contributed by atoms with Crippen molar-refractivity contribution in [3.63, 3.8) is 0 Å². The monoisotopic (exact) mass is 311 g/mol. The Labute approximate surface area is 125 Å². The molecule has 0 spiro atoms. The van der Waals surface area contributed by atoms with Crippen LogP contribution in [-0.4, -0.2) is 4.92 Å². The Balaban J connectivity index is 2.39. The van der Waals surface area contributed by atoms with Crippen molar-refractivity contribution in [2.24, 2.45) is 0 Å². The molecule has 0 radical (unpaired) electrons. The first-order chi connectivity index (χ1) is 9.52. The fourth-order valence-corrected chi connectivity index (χ4v) is 2.11. The molecule has 0 saturated heterocycles. The molecule has 104 valence electrons. The fourth-order valence-electron chi connectivity index (χ4n) is 1.72. The lowest BCUT2D eigenvalue weighted by Crippen LogP contribution is -1.95. The Kier molecular flexibility index (Phi) is 4.47. The number of rotatable bonds is 4. The molecule has 0 fully saturated rings. The number of nitro groups is 1. The van der Waals surface area contributed by atoms with Crippen LogP contribution in [0.4, 0.5) is 0 Å². The molecular formula is C14H11Cl2NO3. The zero-order valence-corrected chi connectivity index (χ0v) is 12.1. The highest BCUT2D eigenvalue weighted by atomic mass is 35.5. The average Bonchev–Trinajstić information content (AvgIpc) is 2.87. The van der Waals surface area contributed by atoms with Crippen LogP contribution in [0, 0.1) is 10.1 Å². The lowest BCUT2D eigenvalue weighted by atomic mass is 10.2. The van der Waals surface area contributed by atoms with E-state index < -0.39 is 4.92 Å². The van der Waals surface area contributed by atoms with Gasteiger partial charge in [-0.2, -0.15) is 0 Å². The zero-order chi connectivity index (χ0) is 14.7. The minimum Gasteiger partial charge on any atom is -0.456 e. The van der Waals surface area contributed by atoms with Crippen molar-refractivity contribution in [1.29, 1.82) is 0 Å². The largest absolute Gasteiger partial charge is 0.456 e. The lowest BCUT2D eigenvalue weighted by Gasteiger charge is -2.01. The average molecular weight is 312 g/mol. The SMILES string of the molecule is CC/C(=C/c1ccc(-c2cccc(Cl)c2Cl)o1)[N+](=O)[O-]. The van der Waals surface area contributed by atoms with Crippen LogP contribution in [0.3, 0.4) is 0 Å². The van der Waals surface area contributed by atoms with Gasteiger partial charge in [0.05, 0.1) is 21.0 Å². The first-order valence-electron chi connectivity index (χ1n) is 5.92. The summed E-state index contributed by atoms with van der Waals surface area (Å²) in [5.41, 5.74) is 0.737. The summed E-state index contributed by atoms with van der Waals surface area (Å²) in [5.74, 6) is 0.923. The van der Waals surface area contributed by atoms with E-state index in [1.807, 2.05) is 0 Å². The van der Waals surface area contributed by atoms with E-state index in [9.17, 15) is 10.1 Å². The molecule has 0 atom stereocenters. The third-order valence-electron chi connectivity index (χ3n) is 2.75. The van der Waals surface area contributed by atoms with Gasteiger partial charge in [0.2, 0.25) is 5.70 Å². The van der Waals surface area contributed by atoms with E-state index in [1.165, 1.54) is 6.08 Å². The molecule has 0 unspecified atom stereocenters. The third kappa shape index (κ3) is 3.03. The van der Waals surface area contributed by atoms with Crippen molar-refractivity contribution in [1.82, 2.24) is 0 Å². The van der Waals surface area contributed by atoms with Crippen molar-refractivity contribution < 1.29 is 9.34 Å². The summed E-state index contributed by atoms with van der Waals surface area (Å²) in [7, 11) is 0. The highest BCUT2D eigenvalue weighted by Crippen LogP contribution is 2.34. The van der Waals surface area contributed by atoms with E-state index in [0.29, 0.717) is 33.6 Å². The van der Waals surface area contributed by atoms with Gasteiger partial charge in [-0.1, -0.05) is 36.2 Å². The van der Waals surface area contributed by atoms with E-state index in [4.69, 9.17) is 27.6 Å². The molecule has 0 N–H and O–H groups in total. The molecule has 0 aliphatic carbocycles. The van der Waals surface area contributed by atoms with Gasteiger partial charge in [-0.3, -0.25) is 10.1 Å². The van der Waals surface area contributed by atoms with Crippen molar-refractivity contribution in [3.8, 4) is 11.3 Å². The molecule has 4 nitrogen and oxygen atoms in total. The standard InChI is InChI=1S/C14H11Cl2NO3/c1-2-9(17(18)19)8-10-6-7-13(20-10)11-4-3-5-12(15)14(11)16/h3-8H,2H2,1H3/b9-8-. The second kappa shape index (κ2) is 6.11. The van der Waals surface area contributed by atoms with Gasteiger partial charge in [0.1, 0.15) is 11.5 Å². The highest BCUT2D eigenvalue weighted by Gasteiger charge is 2.13. The Bertz CT molecular complexity index is 677. The predicted octanol–water partition coefficient (Wildman–Crippen LogP) is 5.28. The summed E-state index contributed by atoms with van der Waals surface area (Å²) in [4.78, 5) is 10.3. The van der Waals surface area contributed by atoms with Gasteiger partial charge < -0.3 is 4.42 Å². The van der Waals surface area contributed by atoms with Crippen LogP contribution in [0.2, 0.25) is 10.0 Å². The Morgan fingerprint density at radius 3 is 2.75 bits per heavy atom. The smallest absolute Gasteiger partial charge is 0.249 e. The number of benzene rings is 1. The fraction of sp³-hybridized carbons (Fsp3) is 0.143. The quantitative estimate of drug-likeness (QED) is 0.570. The van der Waals surface area contributed by atoms with Gasteiger partial charge in [0, 0.05) is 12.0 Å². The Hall–Kier alpha value is -1.78. The summed E-state index contributed by atoms with van der Waals surface area (Å²) in [6.45, 7) is 1.71. The van der Waals surface area contributed by atoms with Gasteiger partial charge in [-0.25, -0.2) is 0 Å². The van der Waals surface area contributed by atoms with Crippen LogP contribution in [0.25, 0.3) is 17.4 Å². The van der Waals surface area contributed by atoms with Crippen molar-refractivity contribution in [2.45, 2.75) is 13.3 Å². The van der Waals surface area contributed by atoms with Gasteiger partial charge in [-0.05, 0) is 24.3 Å².